The van der Waals surface area contributed by atoms with E-state index in [0.29, 0.717) is 5.92 Å². The minimum atomic E-state index is -0.121. The molecule has 3 heteroatoms. The molecule has 21 heavy (non-hydrogen) atoms. The fourth-order valence-corrected chi connectivity index (χ4v) is 3.24. The van der Waals surface area contributed by atoms with Gasteiger partial charge in [0.25, 0.3) is 0 Å². The second-order valence-corrected chi connectivity index (χ2v) is 5.69. The van der Waals surface area contributed by atoms with Crippen LogP contribution in [0.1, 0.15) is 31.2 Å². The predicted octanol–water partition coefficient (Wildman–Crippen LogP) is 3.41. The van der Waals surface area contributed by atoms with Gasteiger partial charge in [0.05, 0.1) is 7.11 Å². The molecule has 0 spiro atoms. The van der Waals surface area contributed by atoms with E-state index in [1.807, 2.05) is 24.3 Å². The van der Waals surface area contributed by atoms with Crippen LogP contribution in [0.25, 0.3) is 0 Å². The van der Waals surface area contributed by atoms with Crippen LogP contribution in [0.3, 0.4) is 0 Å². The molecular formula is C18H25NO2. The van der Waals surface area contributed by atoms with E-state index in [2.05, 4.69) is 23.6 Å². The lowest BCUT2D eigenvalue weighted by Crippen LogP contribution is -2.50. The highest BCUT2D eigenvalue weighted by molar-refractivity contribution is 5.76. The van der Waals surface area contributed by atoms with Crippen LogP contribution in [0.4, 0.5) is 0 Å². The molecule has 0 aliphatic carbocycles. The number of rotatable bonds is 6. The minimum Gasteiger partial charge on any atom is -0.468 e. The topological polar surface area (TPSA) is 29.5 Å². The van der Waals surface area contributed by atoms with Crippen molar-refractivity contribution in [3.05, 3.63) is 48.6 Å². The molecule has 1 aromatic carbocycles. The molecule has 0 bridgehead atoms. The van der Waals surface area contributed by atoms with Gasteiger partial charge in [0.1, 0.15) is 6.04 Å². The third kappa shape index (κ3) is 4.18. The molecule has 1 aliphatic rings. The first kappa shape index (κ1) is 15.8. The maximum absolute atomic E-state index is 12.3. The number of hydrogen-bond donors (Lipinski definition) is 0. The zero-order valence-electron chi connectivity index (χ0n) is 12.8. The van der Waals surface area contributed by atoms with Crippen molar-refractivity contribution >= 4 is 5.97 Å². The van der Waals surface area contributed by atoms with Crippen LogP contribution in [-0.4, -0.2) is 30.6 Å². The third-order valence-electron chi connectivity index (χ3n) is 4.27. The molecule has 0 radical (unpaired) electrons. The number of esters is 1. The largest absolute Gasteiger partial charge is 0.468 e. The predicted molar refractivity (Wildman–Crippen MR) is 84.8 cm³/mol. The molecule has 2 rings (SSSR count). The summed E-state index contributed by atoms with van der Waals surface area (Å²) in [5.41, 5.74) is 1.25. The van der Waals surface area contributed by atoms with Crippen molar-refractivity contribution < 1.29 is 9.53 Å². The average molecular weight is 287 g/mol. The van der Waals surface area contributed by atoms with Crippen LogP contribution < -0.4 is 0 Å². The number of carbonyl (C=O) groups excluding carboxylic acids is 1. The summed E-state index contributed by atoms with van der Waals surface area (Å²) < 4.78 is 5.06. The summed E-state index contributed by atoms with van der Waals surface area (Å²) in [6.07, 6.45) is 6.14. The van der Waals surface area contributed by atoms with Crippen LogP contribution in [0.2, 0.25) is 0 Å². The van der Waals surface area contributed by atoms with Crippen molar-refractivity contribution in [2.75, 3.05) is 13.7 Å². The lowest BCUT2D eigenvalue weighted by atomic mass is 9.85. The Morgan fingerprint density at radius 1 is 1.43 bits per heavy atom. The molecule has 2 atom stereocenters. The van der Waals surface area contributed by atoms with E-state index in [1.165, 1.54) is 12.7 Å². The Bertz CT molecular complexity index is 458. The number of likely N-dealkylation sites (tertiary alicyclic amines) is 1. The van der Waals surface area contributed by atoms with E-state index in [-0.39, 0.29) is 12.0 Å². The third-order valence-corrected chi connectivity index (χ3v) is 4.27. The van der Waals surface area contributed by atoms with E-state index in [0.717, 1.165) is 38.8 Å². The number of ether oxygens (including phenoxy) is 1. The number of piperidine rings is 1. The van der Waals surface area contributed by atoms with Gasteiger partial charge in [-0.15, -0.1) is 6.58 Å². The van der Waals surface area contributed by atoms with Crippen LogP contribution in [-0.2, 0) is 16.1 Å². The molecule has 1 saturated heterocycles. The van der Waals surface area contributed by atoms with E-state index in [4.69, 9.17) is 4.74 Å². The highest BCUT2D eigenvalue weighted by Crippen LogP contribution is 2.29. The number of hydrogen-bond acceptors (Lipinski definition) is 3. The standard InChI is InChI=1S/C18H25NO2/c1-3-4-11-16-12-8-13-19(17(16)18(20)21-2)14-15-9-6-5-7-10-15/h3,5-7,9-10,16-17H,1,4,8,11-14H2,2H3/t16-,17+/m1/s1. The molecule has 0 amide bonds. The van der Waals surface area contributed by atoms with Gasteiger partial charge in [-0.25, -0.2) is 0 Å². The first-order valence-electron chi connectivity index (χ1n) is 7.73. The van der Waals surface area contributed by atoms with E-state index in [9.17, 15) is 4.79 Å². The second-order valence-electron chi connectivity index (χ2n) is 5.69. The Labute approximate surface area is 127 Å². The first-order chi connectivity index (χ1) is 10.3. The number of carbonyl (C=O) groups is 1. The molecule has 1 aromatic rings. The number of allylic oxidation sites excluding steroid dienone is 1. The van der Waals surface area contributed by atoms with Crippen molar-refractivity contribution in [3.63, 3.8) is 0 Å². The van der Waals surface area contributed by atoms with E-state index < -0.39 is 0 Å². The van der Waals surface area contributed by atoms with Gasteiger partial charge in [-0.2, -0.15) is 0 Å². The maximum atomic E-state index is 12.3. The fraction of sp³-hybridized carbons (Fsp3) is 0.500. The molecule has 0 saturated carbocycles. The normalized spacial score (nSPS) is 22.7. The molecule has 1 heterocycles. The van der Waals surface area contributed by atoms with Crippen molar-refractivity contribution in [2.45, 2.75) is 38.3 Å². The summed E-state index contributed by atoms with van der Waals surface area (Å²) in [5.74, 6) is 0.271. The first-order valence-corrected chi connectivity index (χ1v) is 7.73. The SMILES string of the molecule is C=CCC[C@@H]1CCCN(Cc2ccccc2)[C@@H]1C(=O)OC. The lowest BCUT2D eigenvalue weighted by Gasteiger charge is -2.39. The molecule has 0 unspecified atom stereocenters. The summed E-state index contributed by atoms with van der Waals surface area (Å²) >= 11 is 0. The average Bonchev–Trinajstić information content (AvgIpc) is 2.53. The van der Waals surface area contributed by atoms with Gasteiger partial charge in [0.2, 0.25) is 0 Å². The van der Waals surface area contributed by atoms with Crippen LogP contribution in [0.5, 0.6) is 0 Å². The van der Waals surface area contributed by atoms with Gasteiger partial charge in [0.15, 0.2) is 0 Å². The van der Waals surface area contributed by atoms with Gasteiger partial charge in [-0.05, 0) is 43.7 Å². The number of methoxy groups -OCH3 is 1. The maximum Gasteiger partial charge on any atom is 0.323 e. The van der Waals surface area contributed by atoms with Crippen LogP contribution >= 0.6 is 0 Å². The minimum absolute atomic E-state index is 0.0975. The van der Waals surface area contributed by atoms with E-state index >= 15 is 0 Å². The quantitative estimate of drug-likeness (QED) is 0.593. The van der Waals surface area contributed by atoms with Gasteiger partial charge in [-0.3, -0.25) is 9.69 Å². The lowest BCUT2D eigenvalue weighted by molar-refractivity contribution is -0.151. The van der Waals surface area contributed by atoms with Gasteiger partial charge in [-0.1, -0.05) is 36.4 Å². The molecule has 0 N–H and O–H groups in total. The fourth-order valence-electron chi connectivity index (χ4n) is 3.24. The van der Waals surface area contributed by atoms with Gasteiger partial charge >= 0.3 is 5.97 Å². The summed E-state index contributed by atoms with van der Waals surface area (Å²) in [7, 11) is 1.49. The molecule has 1 fully saturated rings. The number of nitrogens with zero attached hydrogens (tertiary/aromatic N) is 1. The Hall–Kier alpha value is -1.61. The molecule has 1 aliphatic heterocycles. The van der Waals surface area contributed by atoms with Crippen molar-refractivity contribution in [1.29, 1.82) is 0 Å². The molecule has 0 aromatic heterocycles. The Balaban J connectivity index is 2.12. The van der Waals surface area contributed by atoms with Gasteiger partial charge in [0, 0.05) is 6.54 Å². The highest BCUT2D eigenvalue weighted by atomic mass is 16.5. The van der Waals surface area contributed by atoms with Crippen molar-refractivity contribution in [2.24, 2.45) is 5.92 Å². The Morgan fingerprint density at radius 2 is 2.19 bits per heavy atom. The summed E-state index contributed by atoms with van der Waals surface area (Å²) in [5, 5.41) is 0. The Morgan fingerprint density at radius 3 is 2.86 bits per heavy atom. The van der Waals surface area contributed by atoms with E-state index in [1.54, 1.807) is 0 Å². The zero-order valence-corrected chi connectivity index (χ0v) is 12.8. The summed E-state index contributed by atoms with van der Waals surface area (Å²) in [6, 6.07) is 10.2. The summed E-state index contributed by atoms with van der Waals surface area (Å²) in [6.45, 7) is 5.56. The molecular weight excluding hydrogens is 262 g/mol. The second kappa shape index (κ2) is 7.99. The molecule has 3 nitrogen and oxygen atoms in total. The summed E-state index contributed by atoms with van der Waals surface area (Å²) in [4.78, 5) is 14.5. The number of benzene rings is 1. The monoisotopic (exact) mass is 287 g/mol. The smallest absolute Gasteiger partial charge is 0.323 e. The van der Waals surface area contributed by atoms with Crippen molar-refractivity contribution in [1.82, 2.24) is 4.90 Å². The highest BCUT2D eigenvalue weighted by Gasteiger charge is 2.36. The molecule has 114 valence electrons. The van der Waals surface area contributed by atoms with Crippen molar-refractivity contribution in [3.8, 4) is 0 Å². The zero-order chi connectivity index (χ0) is 15.1. The van der Waals surface area contributed by atoms with Crippen LogP contribution in [0, 0.1) is 5.92 Å². The van der Waals surface area contributed by atoms with Gasteiger partial charge < -0.3 is 4.74 Å². The Kier molecular flexibility index (Phi) is 6.00. The van der Waals surface area contributed by atoms with Crippen LogP contribution in [0.15, 0.2) is 43.0 Å².